The van der Waals surface area contributed by atoms with Gasteiger partial charge in [-0.15, -0.1) is 11.3 Å². The van der Waals surface area contributed by atoms with E-state index in [2.05, 4.69) is 4.98 Å². The van der Waals surface area contributed by atoms with Gasteiger partial charge in [0.25, 0.3) is 0 Å². The Balaban J connectivity index is 1.59. The molecular weight excluding hydrogens is 522 g/mol. The maximum absolute atomic E-state index is 13.2. The lowest BCUT2D eigenvalue weighted by Gasteiger charge is -2.23. The topological polar surface area (TPSA) is 64.4 Å². The molecule has 0 unspecified atom stereocenters. The second-order valence-corrected chi connectivity index (χ2v) is 9.96. The van der Waals surface area contributed by atoms with Crippen molar-refractivity contribution in [1.29, 1.82) is 0 Å². The van der Waals surface area contributed by atoms with Crippen LogP contribution in [0.3, 0.4) is 0 Å². The van der Waals surface area contributed by atoms with Gasteiger partial charge in [0.2, 0.25) is 0 Å². The summed E-state index contributed by atoms with van der Waals surface area (Å²) in [5, 5.41) is 10.2. The SMILES string of the molecule is Cc1nc(-c2cc(C(F)(F)F)cc(C(F)(F)F)c2)sc1COc1ccc2c(ccn2C(C)(C)C(=O)O)c1. The first kappa shape index (κ1) is 26.5. The number of aliphatic carboxylic acids is 1. The highest BCUT2D eigenvalue weighted by atomic mass is 32.1. The molecule has 2 heterocycles. The van der Waals surface area contributed by atoms with Crippen molar-refractivity contribution in [2.75, 3.05) is 0 Å². The molecule has 0 saturated carbocycles. The molecule has 0 aliphatic carbocycles. The minimum Gasteiger partial charge on any atom is -0.488 e. The molecule has 196 valence electrons. The third-order valence-electron chi connectivity index (χ3n) is 5.88. The Morgan fingerprint density at radius 2 is 1.62 bits per heavy atom. The first-order chi connectivity index (χ1) is 17.1. The summed E-state index contributed by atoms with van der Waals surface area (Å²) in [7, 11) is 0. The van der Waals surface area contributed by atoms with Crippen molar-refractivity contribution in [1.82, 2.24) is 9.55 Å². The summed E-state index contributed by atoms with van der Waals surface area (Å²) in [4.78, 5) is 16.3. The van der Waals surface area contributed by atoms with Crippen molar-refractivity contribution in [3.05, 3.63) is 70.4 Å². The molecule has 5 nitrogen and oxygen atoms in total. The zero-order valence-corrected chi connectivity index (χ0v) is 20.5. The fourth-order valence-corrected chi connectivity index (χ4v) is 4.68. The van der Waals surface area contributed by atoms with Gasteiger partial charge >= 0.3 is 18.3 Å². The van der Waals surface area contributed by atoms with Crippen LogP contribution in [0, 0.1) is 6.92 Å². The number of halogens is 6. The van der Waals surface area contributed by atoms with Gasteiger partial charge in [-0.3, -0.25) is 0 Å². The average molecular weight is 543 g/mol. The summed E-state index contributed by atoms with van der Waals surface area (Å²) >= 11 is 0.945. The Bertz CT molecular complexity index is 1450. The van der Waals surface area contributed by atoms with Gasteiger partial charge in [-0.1, -0.05) is 0 Å². The van der Waals surface area contributed by atoms with Crippen LogP contribution in [0.25, 0.3) is 21.5 Å². The number of carboxylic acids is 1. The lowest BCUT2D eigenvalue weighted by molar-refractivity contribution is -0.146. The Hall–Kier alpha value is -3.54. The van der Waals surface area contributed by atoms with E-state index in [-0.39, 0.29) is 23.2 Å². The minimum atomic E-state index is -4.95. The number of alkyl halides is 6. The van der Waals surface area contributed by atoms with Crippen LogP contribution in [-0.4, -0.2) is 20.6 Å². The lowest BCUT2D eigenvalue weighted by Crippen LogP contribution is -2.34. The van der Waals surface area contributed by atoms with E-state index in [1.807, 2.05) is 0 Å². The molecule has 0 fully saturated rings. The molecule has 0 atom stereocenters. The number of aromatic nitrogens is 2. The Labute approximate surface area is 210 Å². The van der Waals surface area contributed by atoms with Crippen molar-refractivity contribution in [2.24, 2.45) is 0 Å². The summed E-state index contributed by atoms with van der Waals surface area (Å²) in [6, 6.07) is 8.19. The molecule has 2 aromatic heterocycles. The van der Waals surface area contributed by atoms with Gasteiger partial charge in [0.1, 0.15) is 22.9 Å². The quantitative estimate of drug-likeness (QED) is 0.256. The van der Waals surface area contributed by atoms with E-state index in [9.17, 15) is 36.2 Å². The number of carboxylic acid groups (broad SMARTS) is 1. The Morgan fingerprint density at radius 1 is 1.00 bits per heavy atom. The minimum absolute atomic E-state index is 0.0103. The predicted molar refractivity (Wildman–Crippen MR) is 126 cm³/mol. The zero-order chi connectivity index (χ0) is 27.3. The third-order valence-corrected chi connectivity index (χ3v) is 7.06. The van der Waals surface area contributed by atoms with Gasteiger partial charge in [-0.2, -0.15) is 26.3 Å². The van der Waals surface area contributed by atoms with Gasteiger partial charge in [-0.25, -0.2) is 9.78 Å². The number of thiazole rings is 1. The molecule has 4 aromatic rings. The summed E-state index contributed by atoms with van der Waals surface area (Å²) in [5.74, 6) is -0.545. The largest absolute Gasteiger partial charge is 0.488 e. The second kappa shape index (κ2) is 9.09. The van der Waals surface area contributed by atoms with Crippen LogP contribution in [0.2, 0.25) is 0 Å². The van der Waals surface area contributed by atoms with Gasteiger partial charge < -0.3 is 14.4 Å². The van der Waals surface area contributed by atoms with Crippen LogP contribution in [-0.2, 0) is 29.3 Å². The molecule has 0 aliphatic rings. The van der Waals surface area contributed by atoms with E-state index in [0.29, 0.717) is 34.0 Å². The molecule has 2 aromatic carbocycles. The zero-order valence-electron chi connectivity index (χ0n) is 19.7. The molecule has 0 amide bonds. The van der Waals surface area contributed by atoms with Crippen molar-refractivity contribution in [3.63, 3.8) is 0 Å². The first-order valence-corrected chi connectivity index (χ1v) is 11.6. The summed E-state index contributed by atoms with van der Waals surface area (Å²) in [6.45, 7) is 4.73. The van der Waals surface area contributed by atoms with E-state index >= 15 is 0 Å². The van der Waals surface area contributed by atoms with Crippen molar-refractivity contribution in [3.8, 4) is 16.3 Å². The fraction of sp³-hybridized carbons (Fsp3) is 0.280. The maximum Gasteiger partial charge on any atom is 0.416 e. The highest BCUT2D eigenvalue weighted by Gasteiger charge is 2.37. The molecule has 12 heteroatoms. The van der Waals surface area contributed by atoms with Crippen molar-refractivity contribution in [2.45, 2.75) is 45.3 Å². The molecule has 1 N–H and O–H groups in total. The van der Waals surface area contributed by atoms with Crippen LogP contribution in [0.5, 0.6) is 5.75 Å². The Kier molecular flexibility index (Phi) is 6.51. The molecule has 0 radical (unpaired) electrons. The van der Waals surface area contributed by atoms with E-state index in [4.69, 9.17) is 4.74 Å². The summed E-state index contributed by atoms with van der Waals surface area (Å²) < 4.78 is 86.8. The van der Waals surface area contributed by atoms with Crippen LogP contribution in [0.4, 0.5) is 26.3 Å². The second-order valence-electron chi connectivity index (χ2n) is 8.88. The Morgan fingerprint density at radius 3 is 2.19 bits per heavy atom. The van der Waals surface area contributed by atoms with E-state index in [1.54, 1.807) is 55.8 Å². The number of hydrogen-bond donors (Lipinski definition) is 1. The van der Waals surface area contributed by atoms with Gasteiger partial charge in [0, 0.05) is 22.7 Å². The number of rotatable bonds is 6. The van der Waals surface area contributed by atoms with E-state index in [1.165, 1.54) is 0 Å². The van der Waals surface area contributed by atoms with Crippen molar-refractivity contribution < 1.29 is 41.0 Å². The summed E-state index contributed by atoms with van der Waals surface area (Å²) in [5.41, 5.74) is -3.17. The number of ether oxygens (including phenoxy) is 1. The molecule has 0 saturated heterocycles. The number of benzene rings is 2. The van der Waals surface area contributed by atoms with Crippen LogP contribution >= 0.6 is 11.3 Å². The fourth-order valence-electron chi connectivity index (χ4n) is 3.71. The van der Waals surface area contributed by atoms with Gasteiger partial charge in [0.05, 0.1) is 21.7 Å². The highest BCUT2D eigenvalue weighted by molar-refractivity contribution is 7.15. The number of aryl methyl sites for hydroxylation is 1. The first-order valence-electron chi connectivity index (χ1n) is 10.8. The molecular formula is C25H20F6N2O3S. The smallest absolute Gasteiger partial charge is 0.416 e. The number of fused-ring (bicyclic) bond motifs is 1. The van der Waals surface area contributed by atoms with E-state index < -0.39 is 35.0 Å². The highest BCUT2D eigenvalue weighted by Crippen LogP contribution is 2.40. The molecule has 37 heavy (non-hydrogen) atoms. The van der Waals surface area contributed by atoms with Gasteiger partial charge in [-0.05, 0) is 63.2 Å². The molecule has 4 rings (SSSR count). The van der Waals surface area contributed by atoms with Gasteiger partial charge in [0.15, 0.2) is 0 Å². The van der Waals surface area contributed by atoms with Crippen LogP contribution < -0.4 is 4.74 Å². The van der Waals surface area contributed by atoms with Crippen molar-refractivity contribution >= 4 is 28.2 Å². The monoisotopic (exact) mass is 542 g/mol. The number of carbonyl (C=O) groups is 1. The standard InChI is InChI=1S/C25H20F6N2O3S/c1-13-20(12-36-18-4-5-19-14(10-18)6-7-33(19)23(2,3)22(34)35)37-21(32-13)15-8-16(24(26,27)28)11-17(9-15)25(29,30)31/h4-11H,12H2,1-3H3,(H,34,35). The predicted octanol–water partition coefficient (Wildman–Crippen LogP) is 7.51. The lowest BCUT2D eigenvalue weighted by atomic mass is 10.1. The normalized spacial score (nSPS) is 12.8. The molecule has 0 aliphatic heterocycles. The van der Waals surface area contributed by atoms with E-state index in [0.717, 1.165) is 16.7 Å². The average Bonchev–Trinajstić information content (AvgIpc) is 3.39. The molecule has 0 bridgehead atoms. The maximum atomic E-state index is 13.2. The summed E-state index contributed by atoms with van der Waals surface area (Å²) in [6.07, 6.45) is -8.25. The number of hydrogen-bond acceptors (Lipinski definition) is 4. The number of nitrogens with zero attached hydrogens (tertiary/aromatic N) is 2. The third kappa shape index (κ3) is 5.29. The molecule has 0 spiro atoms. The van der Waals surface area contributed by atoms with Crippen LogP contribution in [0.15, 0.2) is 48.7 Å². The van der Waals surface area contributed by atoms with Crippen LogP contribution in [0.1, 0.15) is 35.5 Å².